The van der Waals surface area contributed by atoms with E-state index in [1.807, 2.05) is 11.8 Å². The molecule has 0 bridgehead atoms. The minimum Gasteiger partial charge on any atom is -0.497 e. The monoisotopic (exact) mass is 428 g/mol. The van der Waals surface area contributed by atoms with Crippen LogP contribution < -0.4 is 25.6 Å². The fraction of sp³-hybridized carbons (Fsp3) is 0.409. The predicted octanol–water partition coefficient (Wildman–Crippen LogP) is 1.79. The number of guanidine groups is 1. The lowest BCUT2D eigenvalue weighted by atomic mass is 10.2. The van der Waals surface area contributed by atoms with Crippen LogP contribution in [0.3, 0.4) is 0 Å². The average molecular weight is 429 g/mol. The second kappa shape index (κ2) is 11.1. The molecular weight excluding hydrogens is 399 g/mol. The van der Waals surface area contributed by atoms with E-state index in [0.717, 1.165) is 19.5 Å². The van der Waals surface area contributed by atoms with Crippen LogP contribution >= 0.6 is 0 Å². The van der Waals surface area contributed by atoms with Gasteiger partial charge >= 0.3 is 0 Å². The van der Waals surface area contributed by atoms with Crippen LogP contribution in [-0.2, 0) is 0 Å². The van der Waals surface area contributed by atoms with Crippen molar-refractivity contribution in [3.63, 3.8) is 0 Å². The number of hydrogen-bond donors (Lipinski definition) is 3. The van der Waals surface area contributed by atoms with Crippen LogP contribution in [0.4, 0.5) is 10.2 Å². The van der Waals surface area contributed by atoms with Gasteiger partial charge in [0.05, 0.1) is 13.7 Å². The Morgan fingerprint density at radius 2 is 2.10 bits per heavy atom. The van der Waals surface area contributed by atoms with Crippen LogP contribution in [0, 0.1) is 5.82 Å². The molecule has 9 heteroatoms. The van der Waals surface area contributed by atoms with E-state index in [-0.39, 0.29) is 17.8 Å². The lowest BCUT2D eigenvalue weighted by Crippen LogP contribution is -2.45. The van der Waals surface area contributed by atoms with Crippen LogP contribution in [0.1, 0.15) is 23.7 Å². The van der Waals surface area contributed by atoms with E-state index < -0.39 is 0 Å². The Balaban J connectivity index is 1.47. The summed E-state index contributed by atoms with van der Waals surface area (Å²) in [7, 11) is 1.59. The topological polar surface area (TPSA) is 90.9 Å². The number of rotatable bonds is 8. The molecule has 1 aliphatic rings. The normalized spacial score (nSPS) is 16.2. The second-order valence-electron chi connectivity index (χ2n) is 7.13. The summed E-state index contributed by atoms with van der Waals surface area (Å²) in [5, 5.41) is 9.46. The number of nitrogens with one attached hydrogen (secondary N) is 3. The zero-order chi connectivity index (χ0) is 22.1. The number of amides is 1. The van der Waals surface area contributed by atoms with Gasteiger partial charge in [-0.3, -0.25) is 9.79 Å². The number of ether oxygens (including phenoxy) is 1. The molecule has 0 saturated carbocycles. The molecule has 1 atom stereocenters. The summed E-state index contributed by atoms with van der Waals surface area (Å²) < 4.78 is 19.1. The lowest BCUT2D eigenvalue weighted by Gasteiger charge is -2.20. The molecule has 0 radical (unpaired) electrons. The van der Waals surface area contributed by atoms with E-state index in [9.17, 15) is 9.18 Å². The van der Waals surface area contributed by atoms with Crippen molar-refractivity contribution < 1.29 is 13.9 Å². The first-order valence-corrected chi connectivity index (χ1v) is 10.4. The minimum atomic E-state index is -0.309. The van der Waals surface area contributed by atoms with Gasteiger partial charge in [-0.05, 0) is 49.7 Å². The van der Waals surface area contributed by atoms with Crippen molar-refractivity contribution in [2.45, 2.75) is 19.4 Å². The third-order valence-corrected chi connectivity index (χ3v) is 4.93. The minimum absolute atomic E-state index is 0.132. The summed E-state index contributed by atoms with van der Waals surface area (Å²) in [6.07, 6.45) is 2.46. The van der Waals surface area contributed by atoms with Crippen LogP contribution in [0.5, 0.6) is 5.75 Å². The average Bonchev–Trinajstić information content (AvgIpc) is 3.25. The molecule has 1 aliphatic heterocycles. The molecule has 1 aromatic heterocycles. The van der Waals surface area contributed by atoms with Gasteiger partial charge in [0.15, 0.2) is 17.6 Å². The van der Waals surface area contributed by atoms with Crippen molar-refractivity contribution in [1.82, 2.24) is 20.9 Å². The highest BCUT2D eigenvalue weighted by atomic mass is 19.1. The molecule has 2 heterocycles. The Hall–Kier alpha value is -3.36. The maximum absolute atomic E-state index is 14.0. The molecule has 31 heavy (non-hydrogen) atoms. The van der Waals surface area contributed by atoms with Gasteiger partial charge in [-0.15, -0.1) is 0 Å². The van der Waals surface area contributed by atoms with Gasteiger partial charge in [0.25, 0.3) is 5.91 Å². The number of halogens is 1. The van der Waals surface area contributed by atoms with Crippen molar-refractivity contribution in [3.8, 4) is 5.75 Å². The fourth-order valence-corrected chi connectivity index (χ4v) is 3.38. The Morgan fingerprint density at radius 1 is 1.29 bits per heavy atom. The maximum atomic E-state index is 14.0. The lowest BCUT2D eigenvalue weighted by molar-refractivity contribution is 0.0954. The highest BCUT2D eigenvalue weighted by Gasteiger charge is 2.25. The highest BCUT2D eigenvalue weighted by Crippen LogP contribution is 2.20. The zero-order valence-corrected chi connectivity index (χ0v) is 17.9. The second-order valence-corrected chi connectivity index (χ2v) is 7.13. The number of aliphatic imine (C=N–C) groups is 1. The number of carbonyl (C=O) groups is 1. The zero-order valence-electron chi connectivity index (χ0n) is 17.9. The van der Waals surface area contributed by atoms with Crippen molar-refractivity contribution in [3.05, 3.63) is 54.0 Å². The molecule has 3 N–H and O–H groups in total. The molecule has 1 fully saturated rings. The van der Waals surface area contributed by atoms with Gasteiger partial charge in [-0.1, -0.05) is 0 Å². The van der Waals surface area contributed by atoms with Crippen LogP contribution in [-0.4, -0.2) is 62.7 Å². The molecule has 2 aromatic rings. The molecule has 3 rings (SSSR count). The fourth-order valence-electron chi connectivity index (χ4n) is 3.38. The van der Waals surface area contributed by atoms with Gasteiger partial charge in [0.2, 0.25) is 0 Å². The third-order valence-electron chi connectivity index (χ3n) is 4.93. The summed E-state index contributed by atoms with van der Waals surface area (Å²) in [4.78, 5) is 22.8. The third kappa shape index (κ3) is 6.31. The van der Waals surface area contributed by atoms with E-state index in [2.05, 4.69) is 25.9 Å². The van der Waals surface area contributed by atoms with Gasteiger partial charge in [-0.2, -0.15) is 0 Å². The largest absolute Gasteiger partial charge is 0.497 e. The van der Waals surface area contributed by atoms with Crippen LogP contribution in [0.2, 0.25) is 0 Å². The summed E-state index contributed by atoms with van der Waals surface area (Å²) in [5.41, 5.74) is 0.572. The quantitative estimate of drug-likeness (QED) is 0.337. The number of methoxy groups -OCH3 is 1. The van der Waals surface area contributed by atoms with Crippen molar-refractivity contribution >= 4 is 17.7 Å². The van der Waals surface area contributed by atoms with Crippen LogP contribution in [0.25, 0.3) is 0 Å². The van der Waals surface area contributed by atoms with E-state index in [0.29, 0.717) is 42.7 Å². The summed E-state index contributed by atoms with van der Waals surface area (Å²) in [5.74, 6) is 1.30. The molecule has 1 amide bonds. The SMILES string of the molecule is CCNC(=NCCNC(=O)c1ccc(OC)cc1)NC1CCN(c2ncccc2F)C1. The Kier molecular flexibility index (Phi) is 8.03. The number of pyridine rings is 1. The van der Waals surface area contributed by atoms with Crippen molar-refractivity contribution in [2.24, 2.45) is 4.99 Å². The summed E-state index contributed by atoms with van der Waals surface area (Å²) in [6, 6.07) is 10.1. The molecule has 1 saturated heterocycles. The van der Waals surface area contributed by atoms with E-state index in [1.165, 1.54) is 6.07 Å². The number of aromatic nitrogens is 1. The molecule has 0 aliphatic carbocycles. The number of carbonyl (C=O) groups excluding carboxylic acids is 1. The maximum Gasteiger partial charge on any atom is 0.251 e. The van der Waals surface area contributed by atoms with E-state index in [4.69, 9.17) is 4.74 Å². The predicted molar refractivity (Wildman–Crippen MR) is 119 cm³/mol. The first kappa shape index (κ1) is 22.3. The van der Waals surface area contributed by atoms with Crippen LogP contribution in [0.15, 0.2) is 47.6 Å². The van der Waals surface area contributed by atoms with Gasteiger partial charge < -0.3 is 25.6 Å². The number of anilines is 1. The molecular formula is C22H29FN6O2. The molecule has 0 spiro atoms. The van der Waals surface area contributed by atoms with Gasteiger partial charge in [-0.25, -0.2) is 9.37 Å². The first-order valence-electron chi connectivity index (χ1n) is 10.4. The van der Waals surface area contributed by atoms with E-state index >= 15 is 0 Å². The first-order chi connectivity index (χ1) is 15.1. The number of benzene rings is 1. The standard InChI is InChI=1S/C22H29FN6O2/c1-3-24-22(27-13-12-26-21(30)16-6-8-18(31-2)9-7-16)28-17-10-14-29(15-17)20-19(23)5-4-11-25-20/h4-9,11,17H,3,10,12-15H2,1-2H3,(H,26,30)(H2,24,27,28). The van der Waals surface area contributed by atoms with Crippen molar-refractivity contribution in [2.75, 3.05) is 44.7 Å². The summed E-state index contributed by atoms with van der Waals surface area (Å²) in [6.45, 7) is 4.93. The van der Waals surface area contributed by atoms with Crippen molar-refractivity contribution in [1.29, 1.82) is 0 Å². The number of hydrogen-bond acceptors (Lipinski definition) is 5. The Labute approximate surface area is 181 Å². The molecule has 1 unspecified atom stereocenters. The Morgan fingerprint density at radius 3 is 2.81 bits per heavy atom. The molecule has 8 nitrogen and oxygen atoms in total. The van der Waals surface area contributed by atoms with Gasteiger partial charge in [0.1, 0.15) is 5.75 Å². The molecule has 1 aromatic carbocycles. The summed E-state index contributed by atoms with van der Waals surface area (Å²) >= 11 is 0. The van der Waals surface area contributed by atoms with Gasteiger partial charge in [0, 0.05) is 44.0 Å². The number of nitrogens with zero attached hydrogens (tertiary/aromatic N) is 3. The molecule has 166 valence electrons. The van der Waals surface area contributed by atoms with E-state index in [1.54, 1.807) is 43.6 Å². The smallest absolute Gasteiger partial charge is 0.251 e. The Bertz CT molecular complexity index is 890. The highest BCUT2D eigenvalue weighted by molar-refractivity contribution is 5.94.